The van der Waals surface area contributed by atoms with Crippen molar-refractivity contribution >= 4 is 29.0 Å². The Morgan fingerprint density at radius 2 is 1.95 bits per heavy atom. The van der Waals surface area contributed by atoms with E-state index >= 15 is 0 Å². The predicted octanol–water partition coefficient (Wildman–Crippen LogP) is 3.16. The zero-order chi connectivity index (χ0) is 14.5. The summed E-state index contributed by atoms with van der Waals surface area (Å²) in [6.07, 6.45) is 0. The van der Waals surface area contributed by atoms with E-state index in [1.807, 2.05) is 30.3 Å². The fourth-order valence-electron chi connectivity index (χ4n) is 1.64. The smallest absolute Gasteiger partial charge is 0.237 e. The van der Waals surface area contributed by atoms with Crippen molar-refractivity contribution in [3.8, 4) is 0 Å². The van der Waals surface area contributed by atoms with Crippen molar-refractivity contribution in [1.82, 2.24) is 0 Å². The maximum atomic E-state index is 13.3. The van der Waals surface area contributed by atoms with Gasteiger partial charge in [-0.05, 0) is 30.3 Å². The summed E-state index contributed by atoms with van der Waals surface area (Å²) in [6.45, 7) is 0. The summed E-state index contributed by atoms with van der Waals surface area (Å²) in [7, 11) is 1.72. The minimum absolute atomic E-state index is 0.0431. The molecular formula is C15H15FN2OS. The first-order chi connectivity index (χ1) is 9.58. The van der Waals surface area contributed by atoms with Gasteiger partial charge in [-0.2, -0.15) is 0 Å². The number of para-hydroxylation sites is 1. The van der Waals surface area contributed by atoms with Gasteiger partial charge in [-0.15, -0.1) is 11.8 Å². The standard InChI is InChI=1S/C15H15FN2OS/c1-18(11-5-3-2-4-6-11)15(19)10-20-12-7-8-14(17)13(16)9-12/h2-9H,10,17H2,1H3. The lowest BCUT2D eigenvalue weighted by atomic mass is 10.3. The number of benzene rings is 2. The lowest BCUT2D eigenvalue weighted by molar-refractivity contribution is -0.115. The van der Waals surface area contributed by atoms with Crippen LogP contribution in [0.15, 0.2) is 53.4 Å². The van der Waals surface area contributed by atoms with E-state index < -0.39 is 5.82 Å². The van der Waals surface area contributed by atoms with Gasteiger partial charge < -0.3 is 10.6 Å². The minimum atomic E-state index is -0.459. The number of rotatable bonds is 4. The third-order valence-electron chi connectivity index (χ3n) is 2.85. The Morgan fingerprint density at radius 1 is 1.25 bits per heavy atom. The van der Waals surface area contributed by atoms with E-state index in [1.54, 1.807) is 18.0 Å². The molecule has 0 bridgehead atoms. The van der Waals surface area contributed by atoms with Crippen LogP contribution >= 0.6 is 11.8 Å². The first kappa shape index (κ1) is 14.4. The summed E-state index contributed by atoms with van der Waals surface area (Å²) < 4.78 is 13.3. The molecule has 0 aromatic heterocycles. The van der Waals surface area contributed by atoms with Crippen LogP contribution in [0.3, 0.4) is 0 Å². The van der Waals surface area contributed by atoms with Gasteiger partial charge >= 0.3 is 0 Å². The first-order valence-corrected chi connectivity index (χ1v) is 7.06. The molecule has 2 N–H and O–H groups in total. The van der Waals surface area contributed by atoms with Gasteiger partial charge in [-0.25, -0.2) is 4.39 Å². The molecule has 5 heteroatoms. The van der Waals surface area contributed by atoms with Gasteiger partial charge in [-0.1, -0.05) is 18.2 Å². The largest absolute Gasteiger partial charge is 0.396 e. The Labute approximate surface area is 121 Å². The van der Waals surface area contributed by atoms with Gasteiger partial charge in [0.05, 0.1) is 11.4 Å². The summed E-state index contributed by atoms with van der Waals surface area (Å²) in [5, 5.41) is 0. The topological polar surface area (TPSA) is 46.3 Å². The highest BCUT2D eigenvalue weighted by atomic mass is 32.2. The molecule has 2 aromatic rings. The van der Waals surface area contributed by atoms with Crippen molar-refractivity contribution in [3.05, 3.63) is 54.3 Å². The number of hydrogen-bond acceptors (Lipinski definition) is 3. The number of thioether (sulfide) groups is 1. The fourth-order valence-corrected chi connectivity index (χ4v) is 2.47. The number of nitrogens with two attached hydrogens (primary N) is 1. The number of carbonyl (C=O) groups is 1. The zero-order valence-electron chi connectivity index (χ0n) is 11.0. The Morgan fingerprint density at radius 3 is 2.60 bits per heavy atom. The van der Waals surface area contributed by atoms with Crippen molar-refractivity contribution in [3.63, 3.8) is 0 Å². The van der Waals surface area contributed by atoms with E-state index in [2.05, 4.69) is 0 Å². The third-order valence-corrected chi connectivity index (χ3v) is 3.83. The summed E-state index contributed by atoms with van der Waals surface area (Å²) in [4.78, 5) is 14.3. The van der Waals surface area contributed by atoms with E-state index in [-0.39, 0.29) is 17.3 Å². The Hall–Kier alpha value is -2.01. The highest BCUT2D eigenvalue weighted by Crippen LogP contribution is 2.23. The van der Waals surface area contributed by atoms with Crippen LogP contribution in [-0.4, -0.2) is 18.7 Å². The van der Waals surface area contributed by atoms with E-state index in [1.165, 1.54) is 23.9 Å². The zero-order valence-corrected chi connectivity index (χ0v) is 11.9. The first-order valence-electron chi connectivity index (χ1n) is 6.07. The Bertz CT molecular complexity index is 604. The number of anilines is 2. The molecule has 0 aliphatic rings. The van der Waals surface area contributed by atoms with Crippen LogP contribution in [0.4, 0.5) is 15.8 Å². The molecule has 0 spiro atoms. The van der Waals surface area contributed by atoms with Gasteiger partial charge in [0.1, 0.15) is 5.82 Å². The van der Waals surface area contributed by atoms with Crippen LogP contribution in [0, 0.1) is 5.82 Å². The number of carbonyl (C=O) groups excluding carboxylic acids is 1. The Balaban J connectivity index is 1.96. The quantitative estimate of drug-likeness (QED) is 0.695. The van der Waals surface area contributed by atoms with Crippen LogP contribution in [-0.2, 0) is 4.79 Å². The summed E-state index contributed by atoms with van der Waals surface area (Å²) in [5.74, 6) is -0.258. The molecule has 2 aromatic carbocycles. The second-order valence-corrected chi connectivity index (χ2v) is 5.31. The number of amides is 1. The molecule has 20 heavy (non-hydrogen) atoms. The molecule has 3 nitrogen and oxygen atoms in total. The molecule has 0 aliphatic heterocycles. The summed E-state index contributed by atoms with van der Waals surface area (Å²) >= 11 is 1.29. The third kappa shape index (κ3) is 3.51. The molecule has 0 aliphatic carbocycles. The van der Waals surface area contributed by atoms with Crippen molar-refractivity contribution in [1.29, 1.82) is 0 Å². The van der Waals surface area contributed by atoms with Gasteiger partial charge in [-0.3, -0.25) is 4.79 Å². The summed E-state index contributed by atoms with van der Waals surface area (Å²) in [6, 6.07) is 13.9. The van der Waals surface area contributed by atoms with Crippen LogP contribution in [0.25, 0.3) is 0 Å². The van der Waals surface area contributed by atoms with Gasteiger partial charge in [0.2, 0.25) is 5.91 Å². The number of halogens is 1. The monoisotopic (exact) mass is 290 g/mol. The molecular weight excluding hydrogens is 275 g/mol. The highest BCUT2D eigenvalue weighted by Gasteiger charge is 2.11. The van der Waals surface area contributed by atoms with E-state index in [4.69, 9.17) is 5.73 Å². The molecule has 0 saturated heterocycles. The molecule has 104 valence electrons. The second-order valence-electron chi connectivity index (χ2n) is 4.26. The van der Waals surface area contributed by atoms with Crippen LogP contribution in [0.5, 0.6) is 0 Å². The van der Waals surface area contributed by atoms with Gasteiger partial charge in [0, 0.05) is 17.6 Å². The SMILES string of the molecule is CN(C(=O)CSc1ccc(N)c(F)c1)c1ccccc1. The van der Waals surface area contributed by atoms with E-state index in [0.717, 1.165) is 5.69 Å². The van der Waals surface area contributed by atoms with E-state index in [0.29, 0.717) is 4.90 Å². The van der Waals surface area contributed by atoms with Crippen molar-refractivity contribution in [2.45, 2.75) is 4.90 Å². The lowest BCUT2D eigenvalue weighted by Gasteiger charge is -2.17. The van der Waals surface area contributed by atoms with Crippen molar-refractivity contribution in [2.24, 2.45) is 0 Å². The second kappa shape index (κ2) is 6.43. The van der Waals surface area contributed by atoms with Gasteiger partial charge in [0.15, 0.2) is 0 Å². The van der Waals surface area contributed by atoms with Crippen molar-refractivity contribution in [2.75, 3.05) is 23.4 Å². The molecule has 0 heterocycles. The average molecular weight is 290 g/mol. The van der Waals surface area contributed by atoms with Crippen LogP contribution in [0.2, 0.25) is 0 Å². The van der Waals surface area contributed by atoms with Crippen LogP contribution in [0.1, 0.15) is 0 Å². The van der Waals surface area contributed by atoms with Crippen molar-refractivity contribution < 1.29 is 9.18 Å². The maximum absolute atomic E-state index is 13.3. The van der Waals surface area contributed by atoms with E-state index in [9.17, 15) is 9.18 Å². The molecule has 2 rings (SSSR count). The number of nitrogen functional groups attached to an aromatic ring is 1. The normalized spacial score (nSPS) is 10.3. The van der Waals surface area contributed by atoms with Crippen LogP contribution < -0.4 is 10.6 Å². The fraction of sp³-hybridized carbons (Fsp3) is 0.133. The van der Waals surface area contributed by atoms with Gasteiger partial charge in [0.25, 0.3) is 0 Å². The molecule has 1 amide bonds. The summed E-state index contributed by atoms with van der Waals surface area (Å²) in [5.41, 5.74) is 6.36. The molecule has 0 radical (unpaired) electrons. The predicted molar refractivity (Wildman–Crippen MR) is 81.4 cm³/mol. The number of hydrogen-bond donors (Lipinski definition) is 1. The molecule has 0 unspecified atom stereocenters. The lowest BCUT2D eigenvalue weighted by Crippen LogP contribution is -2.27. The number of nitrogens with zero attached hydrogens (tertiary/aromatic N) is 1. The average Bonchev–Trinajstić information content (AvgIpc) is 2.48. The maximum Gasteiger partial charge on any atom is 0.237 e. The Kier molecular flexibility index (Phi) is 4.63. The molecule has 0 atom stereocenters. The minimum Gasteiger partial charge on any atom is -0.396 e. The molecule has 0 saturated carbocycles. The highest BCUT2D eigenvalue weighted by molar-refractivity contribution is 8.00. The molecule has 0 fully saturated rings.